The summed E-state index contributed by atoms with van der Waals surface area (Å²) in [5, 5.41) is 0. The summed E-state index contributed by atoms with van der Waals surface area (Å²) in [6.07, 6.45) is 13.9. The van der Waals surface area contributed by atoms with Crippen molar-refractivity contribution >= 4 is 10.9 Å². The summed E-state index contributed by atoms with van der Waals surface area (Å²) in [7, 11) is -0.0831. The molecule has 0 heterocycles. The maximum Gasteiger partial charge on any atom is 0.167 e. The first-order chi connectivity index (χ1) is 17.5. The van der Waals surface area contributed by atoms with Gasteiger partial charge in [-0.1, -0.05) is 76.6 Å². The van der Waals surface area contributed by atoms with Gasteiger partial charge in [0, 0.05) is 0 Å². The first-order valence-corrected chi connectivity index (χ1v) is 15.8. The molecule has 0 aromatic heterocycles. The number of hydrogen-bond donors (Lipinski definition) is 0. The predicted molar refractivity (Wildman–Crippen MR) is 157 cm³/mol. The number of hydrogen-bond acceptors (Lipinski definition) is 0. The van der Waals surface area contributed by atoms with E-state index in [0.717, 1.165) is 11.8 Å². The Morgan fingerprint density at radius 3 is 1.31 bits per heavy atom. The summed E-state index contributed by atoms with van der Waals surface area (Å²) < 4.78 is 0. The summed E-state index contributed by atoms with van der Waals surface area (Å²) in [4.78, 5) is 4.37. The van der Waals surface area contributed by atoms with E-state index >= 15 is 0 Å². The molecule has 0 amide bonds. The van der Waals surface area contributed by atoms with Gasteiger partial charge in [-0.3, -0.25) is 0 Å². The molecule has 5 rings (SSSR count). The van der Waals surface area contributed by atoms with Crippen LogP contribution in [-0.4, -0.2) is 0 Å². The maximum atomic E-state index is 2.48. The van der Waals surface area contributed by atoms with Gasteiger partial charge < -0.3 is 0 Å². The van der Waals surface area contributed by atoms with Crippen molar-refractivity contribution in [3.8, 4) is 0 Å². The highest BCUT2D eigenvalue weighted by Crippen LogP contribution is 2.39. The van der Waals surface area contributed by atoms with E-state index in [2.05, 4.69) is 88.4 Å². The number of rotatable bonds is 6. The summed E-state index contributed by atoms with van der Waals surface area (Å²) in [5.74, 6) is 2.09. The Morgan fingerprint density at radius 2 is 0.944 bits per heavy atom. The fraction of sp³-hybridized carbons (Fsp3) is 0.486. The first kappa shape index (κ1) is 25.7. The summed E-state index contributed by atoms with van der Waals surface area (Å²) in [6.45, 7) is 9.27. The van der Waals surface area contributed by atoms with Gasteiger partial charge in [0.2, 0.25) is 0 Å². The quantitative estimate of drug-likeness (QED) is 0.297. The molecule has 190 valence electrons. The second kappa shape index (κ2) is 11.6. The second-order valence-electron chi connectivity index (χ2n) is 11.7. The van der Waals surface area contributed by atoms with Gasteiger partial charge in [-0.25, -0.2) is 0 Å². The lowest BCUT2D eigenvalue weighted by Gasteiger charge is -2.22. The van der Waals surface area contributed by atoms with Crippen LogP contribution in [0.5, 0.6) is 0 Å². The van der Waals surface area contributed by atoms with E-state index in [9.17, 15) is 0 Å². The molecule has 0 nitrogen and oxygen atoms in total. The van der Waals surface area contributed by atoms with Gasteiger partial charge in [0.1, 0.15) is 0 Å². The largest absolute Gasteiger partial charge is 0.167 e. The summed E-state index contributed by atoms with van der Waals surface area (Å²) in [5.41, 5.74) is 7.50. The molecule has 0 unspecified atom stereocenters. The zero-order valence-corrected chi connectivity index (χ0v) is 23.8. The van der Waals surface area contributed by atoms with Crippen molar-refractivity contribution in [2.45, 2.75) is 124 Å². The monoisotopic (exact) mass is 497 g/mol. The molecule has 0 radical (unpaired) electrons. The molecule has 3 aromatic carbocycles. The SMILES string of the molecule is Cc1cc([S+](c2ccc(C3CCCCC3)cc2)c2ccc(C3CCCCC3)cc2)cc(C)c1C(C)C. The lowest BCUT2D eigenvalue weighted by molar-refractivity contribution is 0.443. The van der Waals surface area contributed by atoms with E-state index in [1.807, 2.05) is 0 Å². The molecule has 0 aliphatic heterocycles. The van der Waals surface area contributed by atoms with Crippen LogP contribution in [0.2, 0.25) is 0 Å². The van der Waals surface area contributed by atoms with Gasteiger partial charge in [-0.15, -0.1) is 0 Å². The Kier molecular flexibility index (Phi) is 8.26. The van der Waals surface area contributed by atoms with Crippen LogP contribution in [0.15, 0.2) is 75.4 Å². The first-order valence-electron chi connectivity index (χ1n) is 14.6. The van der Waals surface area contributed by atoms with Crippen LogP contribution in [-0.2, 0) is 10.9 Å². The molecule has 1 heteroatoms. The van der Waals surface area contributed by atoms with Crippen molar-refractivity contribution in [1.82, 2.24) is 0 Å². The molecule has 2 aliphatic carbocycles. The van der Waals surface area contributed by atoms with Gasteiger partial charge in [0.05, 0.1) is 10.9 Å². The Balaban J connectivity index is 1.51. The molecule has 2 aliphatic rings. The normalized spacial score (nSPS) is 17.7. The fourth-order valence-electron chi connectivity index (χ4n) is 7.00. The zero-order chi connectivity index (χ0) is 25.1. The van der Waals surface area contributed by atoms with E-state index < -0.39 is 0 Å². The van der Waals surface area contributed by atoms with E-state index in [1.54, 1.807) is 11.1 Å². The van der Waals surface area contributed by atoms with Crippen molar-refractivity contribution in [2.24, 2.45) is 0 Å². The smallest absolute Gasteiger partial charge is 0.0587 e. The summed E-state index contributed by atoms with van der Waals surface area (Å²) >= 11 is 0. The van der Waals surface area contributed by atoms with Crippen LogP contribution in [0.25, 0.3) is 0 Å². The third-order valence-corrected chi connectivity index (χ3v) is 11.0. The molecular formula is C35H45S+. The van der Waals surface area contributed by atoms with Crippen molar-refractivity contribution in [3.63, 3.8) is 0 Å². The molecule has 3 aromatic rings. The lowest BCUT2D eigenvalue weighted by Crippen LogP contribution is -2.09. The van der Waals surface area contributed by atoms with Crippen molar-refractivity contribution in [3.05, 3.63) is 88.5 Å². The average molecular weight is 498 g/mol. The third-order valence-electron chi connectivity index (χ3n) is 8.77. The maximum absolute atomic E-state index is 2.48. The van der Waals surface area contributed by atoms with Gasteiger partial charge >= 0.3 is 0 Å². The van der Waals surface area contributed by atoms with Crippen LogP contribution >= 0.6 is 0 Å². The predicted octanol–water partition coefficient (Wildman–Crippen LogP) is 10.6. The topological polar surface area (TPSA) is 0 Å². The van der Waals surface area contributed by atoms with Gasteiger partial charge in [-0.05, 0) is 121 Å². The standard InChI is InChI=1S/C35H45S/c1-25(2)35-26(3)23-34(24-27(35)4)36(32-19-15-30(16-20-32)28-11-7-5-8-12-28)33-21-17-31(18-22-33)29-13-9-6-10-14-29/h15-25,28-29H,5-14H2,1-4H3/q+1. The van der Waals surface area contributed by atoms with Crippen LogP contribution in [0.3, 0.4) is 0 Å². The minimum Gasteiger partial charge on any atom is -0.0587 e. The highest BCUT2D eigenvalue weighted by molar-refractivity contribution is 7.97. The molecule has 2 fully saturated rings. The molecule has 0 bridgehead atoms. The minimum absolute atomic E-state index is 0.0831. The Hall–Kier alpha value is -1.99. The zero-order valence-electron chi connectivity index (χ0n) is 23.0. The molecule has 36 heavy (non-hydrogen) atoms. The van der Waals surface area contributed by atoms with Crippen molar-refractivity contribution in [2.75, 3.05) is 0 Å². The summed E-state index contributed by atoms with van der Waals surface area (Å²) in [6, 6.07) is 24.5. The van der Waals surface area contributed by atoms with Gasteiger partial charge in [-0.2, -0.15) is 0 Å². The molecule has 0 spiro atoms. The van der Waals surface area contributed by atoms with Crippen LogP contribution < -0.4 is 0 Å². The highest BCUT2D eigenvalue weighted by atomic mass is 32.2. The molecule has 0 saturated heterocycles. The number of aryl methyl sites for hydroxylation is 2. The lowest BCUT2D eigenvalue weighted by atomic mass is 9.84. The van der Waals surface area contributed by atoms with Crippen LogP contribution in [0, 0.1) is 13.8 Å². The Labute approximate surface area is 223 Å². The van der Waals surface area contributed by atoms with E-state index in [0.29, 0.717) is 5.92 Å². The average Bonchev–Trinajstić information content (AvgIpc) is 2.90. The van der Waals surface area contributed by atoms with Gasteiger partial charge in [0.25, 0.3) is 0 Å². The fourth-order valence-corrected chi connectivity index (χ4v) is 9.22. The Bertz CT molecular complexity index is 1040. The third kappa shape index (κ3) is 5.62. The number of benzene rings is 3. The molecular weight excluding hydrogens is 452 g/mol. The van der Waals surface area contributed by atoms with E-state index in [4.69, 9.17) is 0 Å². The second-order valence-corrected chi connectivity index (χ2v) is 13.8. The van der Waals surface area contributed by atoms with Crippen molar-refractivity contribution in [1.29, 1.82) is 0 Å². The van der Waals surface area contributed by atoms with E-state index in [1.165, 1.54) is 95.6 Å². The highest BCUT2D eigenvalue weighted by Gasteiger charge is 2.31. The van der Waals surface area contributed by atoms with Crippen molar-refractivity contribution < 1.29 is 0 Å². The van der Waals surface area contributed by atoms with E-state index in [-0.39, 0.29) is 10.9 Å². The van der Waals surface area contributed by atoms with Crippen LogP contribution in [0.1, 0.15) is 124 Å². The molecule has 0 N–H and O–H groups in total. The molecule has 2 saturated carbocycles. The van der Waals surface area contributed by atoms with Crippen LogP contribution in [0.4, 0.5) is 0 Å². The Morgan fingerprint density at radius 1 is 0.556 bits per heavy atom. The van der Waals surface area contributed by atoms with Gasteiger partial charge in [0.15, 0.2) is 14.7 Å². The molecule has 0 atom stereocenters. The minimum atomic E-state index is -0.0831.